The summed E-state index contributed by atoms with van der Waals surface area (Å²) in [7, 11) is 1.96. The van der Waals surface area contributed by atoms with Crippen LogP contribution in [0.15, 0.2) is 35.2 Å². The molecule has 2 aromatic carbocycles. The number of rotatable bonds is 7. The summed E-state index contributed by atoms with van der Waals surface area (Å²) in [6, 6.07) is 7.79. The van der Waals surface area contributed by atoms with Gasteiger partial charge in [0.25, 0.3) is 10.0 Å². The predicted octanol–water partition coefficient (Wildman–Crippen LogP) is 2.83. The fraction of sp³-hybridized carbons (Fsp3) is 0.294. The lowest BCUT2D eigenvalue weighted by Gasteiger charge is -2.15. The lowest BCUT2D eigenvalue weighted by molar-refractivity contribution is 0.323. The van der Waals surface area contributed by atoms with Crippen LogP contribution >= 0.6 is 0 Å². The molecule has 1 N–H and O–H groups in total. The normalized spacial score (nSPS) is 10.9. The number of anilines is 1. The van der Waals surface area contributed by atoms with E-state index < -0.39 is 10.0 Å². The molecule has 0 aliphatic heterocycles. The molecule has 2 aromatic rings. The molecular weight excluding hydrogens is 346 g/mol. The van der Waals surface area contributed by atoms with Crippen LogP contribution in [0.25, 0.3) is 0 Å². The number of hydrogen-bond donors (Lipinski definition) is 1. The van der Waals surface area contributed by atoms with Crippen LogP contribution in [-0.2, 0) is 10.0 Å². The van der Waals surface area contributed by atoms with Gasteiger partial charge >= 0.3 is 0 Å². The van der Waals surface area contributed by atoms with E-state index >= 15 is 0 Å². The topological polar surface area (TPSA) is 83.1 Å². The van der Waals surface area contributed by atoms with Gasteiger partial charge in [-0.05, 0) is 18.6 Å². The van der Waals surface area contributed by atoms with Gasteiger partial charge in [-0.1, -0.05) is 6.07 Å². The first-order chi connectivity index (χ1) is 11.9. The lowest BCUT2D eigenvalue weighted by atomic mass is 10.2. The van der Waals surface area contributed by atoms with Crippen LogP contribution in [-0.4, -0.2) is 36.9 Å². The Morgan fingerprint density at radius 3 is 1.84 bits per heavy atom. The van der Waals surface area contributed by atoms with Crippen molar-refractivity contribution in [1.82, 2.24) is 0 Å². The largest absolute Gasteiger partial charge is 0.496 e. The van der Waals surface area contributed by atoms with Crippen molar-refractivity contribution >= 4 is 15.7 Å². The molecule has 0 heterocycles. The third-order valence-electron chi connectivity index (χ3n) is 3.61. The second-order valence-electron chi connectivity index (χ2n) is 5.15. The third-order valence-corrected chi connectivity index (χ3v) is 4.97. The van der Waals surface area contributed by atoms with Crippen LogP contribution in [0.4, 0.5) is 5.69 Å². The van der Waals surface area contributed by atoms with Crippen LogP contribution < -0.4 is 23.7 Å². The van der Waals surface area contributed by atoms with Crippen molar-refractivity contribution in [2.75, 3.05) is 33.2 Å². The number of benzene rings is 2. The molecule has 0 saturated carbocycles. The fourth-order valence-corrected chi connectivity index (χ4v) is 3.39. The monoisotopic (exact) mass is 367 g/mol. The highest BCUT2D eigenvalue weighted by Crippen LogP contribution is 2.39. The average Bonchev–Trinajstić information content (AvgIpc) is 2.61. The van der Waals surface area contributed by atoms with Gasteiger partial charge in [-0.25, -0.2) is 8.42 Å². The predicted molar refractivity (Wildman–Crippen MR) is 94.6 cm³/mol. The van der Waals surface area contributed by atoms with Gasteiger partial charge < -0.3 is 18.9 Å². The Kier molecular flexibility index (Phi) is 5.63. The molecule has 0 radical (unpaired) electrons. The zero-order valence-electron chi connectivity index (χ0n) is 14.7. The van der Waals surface area contributed by atoms with E-state index in [-0.39, 0.29) is 16.4 Å². The van der Waals surface area contributed by atoms with Crippen molar-refractivity contribution in [2.24, 2.45) is 0 Å². The van der Waals surface area contributed by atoms with Gasteiger partial charge in [0.2, 0.25) is 5.75 Å². The van der Waals surface area contributed by atoms with Crippen molar-refractivity contribution in [3.8, 4) is 23.0 Å². The van der Waals surface area contributed by atoms with Crippen LogP contribution in [0.1, 0.15) is 5.56 Å². The number of ether oxygens (including phenoxy) is 4. The molecule has 7 nitrogen and oxygen atoms in total. The highest BCUT2D eigenvalue weighted by molar-refractivity contribution is 7.92. The molecule has 0 atom stereocenters. The molecule has 0 fully saturated rings. The Morgan fingerprint density at radius 2 is 1.36 bits per heavy atom. The zero-order chi connectivity index (χ0) is 18.6. The van der Waals surface area contributed by atoms with Crippen LogP contribution in [0.2, 0.25) is 0 Å². The Hall–Kier alpha value is -2.61. The van der Waals surface area contributed by atoms with Gasteiger partial charge in [0.1, 0.15) is 5.75 Å². The van der Waals surface area contributed by atoms with Crippen molar-refractivity contribution < 1.29 is 27.4 Å². The van der Waals surface area contributed by atoms with Gasteiger partial charge in [0.05, 0.1) is 39.0 Å². The quantitative estimate of drug-likeness (QED) is 0.810. The Balaban J connectivity index is 2.46. The van der Waals surface area contributed by atoms with E-state index in [0.717, 1.165) is 5.56 Å². The molecule has 0 bridgehead atoms. The minimum absolute atomic E-state index is 0.0125. The zero-order valence-corrected chi connectivity index (χ0v) is 15.6. The molecule has 8 heteroatoms. The molecule has 0 aliphatic rings. The fourth-order valence-electron chi connectivity index (χ4n) is 2.31. The van der Waals surface area contributed by atoms with Crippen molar-refractivity contribution in [3.63, 3.8) is 0 Å². The van der Waals surface area contributed by atoms with E-state index in [1.807, 2.05) is 6.92 Å². The van der Waals surface area contributed by atoms with Gasteiger partial charge in [0, 0.05) is 18.2 Å². The third kappa shape index (κ3) is 3.90. The molecule has 0 spiro atoms. The number of sulfonamides is 1. The summed E-state index contributed by atoms with van der Waals surface area (Å²) in [6.45, 7) is 1.87. The smallest absolute Gasteiger partial charge is 0.262 e. The molecule has 0 amide bonds. The van der Waals surface area contributed by atoms with Gasteiger partial charge in [0.15, 0.2) is 11.5 Å². The molecule has 0 aromatic heterocycles. The summed E-state index contributed by atoms with van der Waals surface area (Å²) in [5.74, 6) is 1.42. The first kappa shape index (κ1) is 18.7. The summed E-state index contributed by atoms with van der Waals surface area (Å²) >= 11 is 0. The maximum Gasteiger partial charge on any atom is 0.262 e. The molecule has 2 rings (SSSR count). The summed E-state index contributed by atoms with van der Waals surface area (Å²) in [4.78, 5) is -0.0125. The lowest BCUT2D eigenvalue weighted by Crippen LogP contribution is -2.13. The van der Waals surface area contributed by atoms with E-state index in [1.54, 1.807) is 18.2 Å². The molecule has 136 valence electrons. The molecular formula is C17H21NO6S. The van der Waals surface area contributed by atoms with Gasteiger partial charge in [-0.2, -0.15) is 0 Å². The first-order valence-electron chi connectivity index (χ1n) is 7.33. The van der Waals surface area contributed by atoms with E-state index in [1.165, 1.54) is 40.6 Å². The first-order valence-corrected chi connectivity index (χ1v) is 8.82. The molecule has 0 unspecified atom stereocenters. The maximum atomic E-state index is 12.7. The molecule has 0 saturated heterocycles. The highest BCUT2D eigenvalue weighted by atomic mass is 32.2. The van der Waals surface area contributed by atoms with Crippen LogP contribution in [0.5, 0.6) is 23.0 Å². The maximum absolute atomic E-state index is 12.7. The minimum Gasteiger partial charge on any atom is -0.496 e. The van der Waals surface area contributed by atoms with Crippen molar-refractivity contribution in [3.05, 3.63) is 35.9 Å². The van der Waals surface area contributed by atoms with Crippen molar-refractivity contribution in [1.29, 1.82) is 0 Å². The average molecular weight is 367 g/mol. The van der Waals surface area contributed by atoms with Gasteiger partial charge in [-0.3, -0.25) is 4.72 Å². The summed E-state index contributed by atoms with van der Waals surface area (Å²) < 4.78 is 48.8. The van der Waals surface area contributed by atoms with Crippen LogP contribution in [0.3, 0.4) is 0 Å². The van der Waals surface area contributed by atoms with Gasteiger partial charge in [-0.15, -0.1) is 0 Å². The second kappa shape index (κ2) is 7.52. The SMILES string of the molecule is COc1cc(NS(=O)(=O)c2cc(OC)c(OC)c(OC)c2)ccc1C. The number of aryl methyl sites for hydroxylation is 1. The van der Waals surface area contributed by atoms with Crippen molar-refractivity contribution in [2.45, 2.75) is 11.8 Å². The summed E-state index contributed by atoms with van der Waals surface area (Å²) in [6.07, 6.45) is 0. The molecule has 25 heavy (non-hydrogen) atoms. The minimum atomic E-state index is -3.86. The Labute approximate surface area is 147 Å². The Bertz CT molecular complexity index is 838. The summed E-state index contributed by atoms with van der Waals surface area (Å²) in [5.41, 5.74) is 1.29. The van der Waals surface area contributed by atoms with E-state index in [2.05, 4.69) is 4.72 Å². The van der Waals surface area contributed by atoms with E-state index in [0.29, 0.717) is 17.2 Å². The van der Waals surface area contributed by atoms with Crippen LogP contribution in [0, 0.1) is 6.92 Å². The Morgan fingerprint density at radius 1 is 0.800 bits per heavy atom. The molecule has 0 aliphatic carbocycles. The highest BCUT2D eigenvalue weighted by Gasteiger charge is 2.21. The van der Waals surface area contributed by atoms with E-state index in [9.17, 15) is 8.42 Å². The second-order valence-corrected chi connectivity index (χ2v) is 6.83. The number of nitrogens with one attached hydrogen (secondary N) is 1. The van der Waals surface area contributed by atoms with E-state index in [4.69, 9.17) is 18.9 Å². The number of hydrogen-bond acceptors (Lipinski definition) is 6. The summed E-state index contributed by atoms with van der Waals surface area (Å²) in [5, 5.41) is 0. The number of methoxy groups -OCH3 is 4. The standard InChI is InChI=1S/C17H21NO6S/c1-11-6-7-12(8-14(11)21-2)18-25(19,20)13-9-15(22-3)17(24-5)16(10-13)23-4/h6-10,18H,1-5H3.